The number of esters is 1. The molecule has 0 amide bonds. The minimum absolute atomic E-state index is 0.127. The largest absolute Gasteiger partial charge is 0.466 e. The van der Waals surface area contributed by atoms with E-state index in [-0.39, 0.29) is 5.97 Å². The highest BCUT2D eigenvalue weighted by Crippen LogP contribution is 2.19. The van der Waals surface area contributed by atoms with Crippen LogP contribution in [0.3, 0.4) is 0 Å². The van der Waals surface area contributed by atoms with Crippen LogP contribution in [0.25, 0.3) is 0 Å². The van der Waals surface area contributed by atoms with Crippen molar-refractivity contribution in [2.45, 2.75) is 122 Å². The summed E-state index contributed by atoms with van der Waals surface area (Å²) in [5, 5.41) is -0.614. The lowest BCUT2D eigenvalue weighted by molar-refractivity contribution is -0.143. The smallest absolute Gasteiger partial charge is 0.305 e. The first-order valence-electron chi connectivity index (χ1n) is 11.0. The number of carbonyl (C=O) groups excluding carboxylic acids is 1. The molecule has 0 aliphatic heterocycles. The summed E-state index contributed by atoms with van der Waals surface area (Å²) in [5.41, 5.74) is 0. The molecule has 0 aliphatic carbocycles. The number of ether oxygens (including phenoxy) is 1. The van der Waals surface area contributed by atoms with Gasteiger partial charge in [0.25, 0.3) is 10.1 Å². The third kappa shape index (κ3) is 17.2. The maximum absolute atomic E-state index is 11.6. The zero-order chi connectivity index (χ0) is 20.4. The van der Waals surface area contributed by atoms with Gasteiger partial charge < -0.3 is 4.74 Å². The van der Waals surface area contributed by atoms with Crippen LogP contribution < -0.4 is 0 Å². The first kappa shape index (κ1) is 26.4. The molecule has 0 radical (unpaired) electrons. The van der Waals surface area contributed by atoms with Crippen LogP contribution in [-0.4, -0.2) is 30.8 Å². The lowest BCUT2D eigenvalue weighted by Crippen LogP contribution is -2.20. The van der Waals surface area contributed by atoms with Crippen LogP contribution in [0, 0.1) is 0 Å². The maximum atomic E-state index is 11.6. The van der Waals surface area contributed by atoms with E-state index in [4.69, 9.17) is 4.74 Å². The predicted octanol–water partition coefficient (Wildman–Crippen LogP) is 6.07. The van der Waals surface area contributed by atoms with Gasteiger partial charge in [0.1, 0.15) is 0 Å². The Morgan fingerprint density at radius 2 is 1.26 bits per heavy atom. The Balaban J connectivity index is 3.76. The van der Waals surface area contributed by atoms with E-state index in [0.29, 0.717) is 25.9 Å². The number of hydrogen-bond donors (Lipinski definition) is 1. The lowest BCUT2D eigenvalue weighted by Gasteiger charge is -2.13. The second kappa shape index (κ2) is 17.5. The van der Waals surface area contributed by atoms with Crippen molar-refractivity contribution in [1.29, 1.82) is 0 Å². The molecular formula is C21H42O5S. The van der Waals surface area contributed by atoms with Crippen molar-refractivity contribution in [3.05, 3.63) is 0 Å². The fourth-order valence-corrected chi connectivity index (χ4v) is 4.16. The minimum atomic E-state index is -3.95. The Kier molecular flexibility index (Phi) is 17.1. The molecule has 0 bridgehead atoms. The Bertz CT molecular complexity index is 447. The second-order valence-electron chi connectivity index (χ2n) is 7.57. The molecule has 1 unspecified atom stereocenters. The number of carbonyl (C=O) groups is 1. The van der Waals surface area contributed by atoms with Gasteiger partial charge in [-0.05, 0) is 25.7 Å². The summed E-state index contributed by atoms with van der Waals surface area (Å²) in [4.78, 5) is 11.4. The van der Waals surface area contributed by atoms with Crippen LogP contribution in [0.5, 0.6) is 0 Å². The molecule has 0 aliphatic rings. The molecule has 6 heteroatoms. The molecule has 1 N–H and O–H groups in total. The Morgan fingerprint density at radius 1 is 0.778 bits per heavy atom. The van der Waals surface area contributed by atoms with Crippen molar-refractivity contribution in [3.63, 3.8) is 0 Å². The van der Waals surface area contributed by atoms with Crippen LogP contribution in [0.4, 0.5) is 0 Å². The average Bonchev–Trinajstić information content (AvgIpc) is 2.62. The molecule has 0 spiro atoms. The van der Waals surface area contributed by atoms with Gasteiger partial charge in [-0.15, -0.1) is 0 Å². The van der Waals surface area contributed by atoms with Gasteiger partial charge in [-0.2, -0.15) is 8.42 Å². The van der Waals surface area contributed by atoms with E-state index in [2.05, 4.69) is 6.92 Å². The molecule has 0 fully saturated rings. The summed E-state index contributed by atoms with van der Waals surface area (Å²) in [5.74, 6) is -0.127. The third-order valence-electron chi connectivity index (χ3n) is 4.93. The predicted molar refractivity (Wildman–Crippen MR) is 112 cm³/mol. The van der Waals surface area contributed by atoms with Crippen molar-refractivity contribution in [3.8, 4) is 0 Å². The normalized spacial score (nSPS) is 12.9. The van der Waals surface area contributed by atoms with Gasteiger partial charge in [-0.3, -0.25) is 9.35 Å². The Morgan fingerprint density at radius 3 is 1.74 bits per heavy atom. The molecule has 0 aromatic carbocycles. The van der Waals surface area contributed by atoms with Gasteiger partial charge in [0.05, 0.1) is 11.9 Å². The topological polar surface area (TPSA) is 80.7 Å². The highest BCUT2D eigenvalue weighted by Gasteiger charge is 2.21. The van der Waals surface area contributed by atoms with E-state index in [1.807, 2.05) is 6.92 Å². The van der Waals surface area contributed by atoms with Gasteiger partial charge >= 0.3 is 5.97 Å². The van der Waals surface area contributed by atoms with Crippen LogP contribution >= 0.6 is 0 Å². The summed E-state index contributed by atoms with van der Waals surface area (Å²) in [6.07, 6.45) is 15.0. The quantitative estimate of drug-likeness (QED) is 0.160. The van der Waals surface area contributed by atoms with E-state index < -0.39 is 15.4 Å². The van der Waals surface area contributed by atoms with Crippen molar-refractivity contribution in [2.24, 2.45) is 0 Å². The molecular weight excluding hydrogens is 364 g/mol. The molecule has 0 saturated carbocycles. The third-order valence-corrected chi connectivity index (χ3v) is 6.24. The van der Waals surface area contributed by atoms with E-state index in [9.17, 15) is 17.8 Å². The summed E-state index contributed by atoms with van der Waals surface area (Å²) in [7, 11) is -3.95. The van der Waals surface area contributed by atoms with Gasteiger partial charge in [0.15, 0.2) is 0 Å². The SMILES string of the molecule is CCCCCCCCCC(CCCCCCCC(=O)OCCC)S(=O)(=O)O. The molecule has 0 aromatic heterocycles. The highest BCUT2D eigenvalue weighted by atomic mass is 32.2. The standard InChI is InChI=1S/C21H42O5S/c1-3-5-6-7-8-10-13-16-20(27(23,24)25)17-14-11-9-12-15-18-21(22)26-19-4-2/h20H,3-19H2,1-2H3,(H,23,24,25). The molecule has 162 valence electrons. The monoisotopic (exact) mass is 406 g/mol. The van der Waals surface area contributed by atoms with Gasteiger partial charge in [0.2, 0.25) is 0 Å². The number of rotatable bonds is 19. The molecule has 27 heavy (non-hydrogen) atoms. The van der Waals surface area contributed by atoms with Crippen LogP contribution in [0.15, 0.2) is 0 Å². The van der Waals surface area contributed by atoms with Gasteiger partial charge in [0, 0.05) is 6.42 Å². The zero-order valence-electron chi connectivity index (χ0n) is 17.6. The van der Waals surface area contributed by atoms with Crippen molar-refractivity contribution in [2.75, 3.05) is 6.61 Å². The molecule has 0 saturated heterocycles. The van der Waals surface area contributed by atoms with Crippen molar-refractivity contribution >= 4 is 16.1 Å². The fourth-order valence-electron chi connectivity index (χ4n) is 3.23. The summed E-state index contributed by atoms with van der Waals surface area (Å²) < 4.78 is 37.6. The lowest BCUT2D eigenvalue weighted by atomic mass is 10.0. The fraction of sp³-hybridized carbons (Fsp3) is 0.952. The summed E-state index contributed by atoms with van der Waals surface area (Å²) in [6, 6.07) is 0. The van der Waals surface area contributed by atoms with E-state index >= 15 is 0 Å². The first-order valence-corrected chi connectivity index (χ1v) is 12.5. The zero-order valence-corrected chi connectivity index (χ0v) is 18.4. The molecule has 0 aromatic rings. The van der Waals surface area contributed by atoms with Gasteiger partial charge in [-0.25, -0.2) is 0 Å². The summed E-state index contributed by atoms with van der Waals surface area (Å²) >= 11 is 0. The highest BCUT2D eigenvalue weighted by molar-refractivity contribution is 7.86. The van der Waals surface area contributed by atoms with E-state index in [0.717, 1.165) is 57.8 Å². The summed E-state index contributed by atoms with van der Waals surface area (Å²) in [6.45, 7) is 4.66. The molecule has 1 atom stereocenters. The van der Waals surface area contributed by atoms with Crippen molar-refractivity contribution < 1.29 is 22.5 Å². The molecule has 0 heterocycles. The van der Waals surface area contributed by atoms with Crippen molar-refractivity contribution in [1.82, 2.24) is 0 Å². The maximum Gasteiger partial charge on any atom is 0.305 e. The van der Waals surface area contributed by atoms with Gasteiger partial charge in [-0.1, -0.05) is 84.5 Å². The molecule has 5 nitrogen and oxygen atoms in total. The molecule has 0 rings (SSSR count). The number of hydrogen-bond acceptors (Lipinski definition) is 4. The van der Waals surface area contributed by atoms with E-state index in [1.54, 1.807) is 0 Å². The van der Waals surface area contributed by atoms with Crippen LogP contribution in [-0.2, 0) is 19.6 Å². The number of unbranched alkanes of at least 4 members (excludes halogenated alkanes) is 10. The van der Waals surface area contributed by atoms with Crippen LogP contribution in [0.1, 0.15) is 117 Å². The minimum Gasteiger partial charge on any atom is -0.466 e. The van der Waals surface area contributed by atoms with Crippen LogP contribution in [0.2, 0.25) is 0 Å². The Hall–Kier alpha value is -0.620. The van der Waals surface area contributed by atoms with E-state index in [1.165, 1.54) is 25.7 Å². The Labute approximate surface area is 167 Å². The second-order valence-corrected chi connectivity index (χ2v) is 9.27. The average molecular weight is 407 g/mol. The first-order chi connectivity index (χ1) is 12.9.